The van der Waals surface area contributed by atoms with Crippen LogP contribution < -0.4 is 5.32 Å². The Balaban J connectivity index is 1.93. The van der Waals surface area contributed by atoms with Crippen LogP contribution >= 0.6 is 0 Å². The maximum absolute atomic E-state index is 14.1. The maximum atomic E-state index is 14.1. The second kappa shape index (κ2) is 8.37. The average Bonchev–Trinajstić information content (AvgIpc) is 3.16. The number of benzene rings is 2. The molecular weight excluding hydrogens is 383 g/mol. The summed E-state index contributed by atoms with van der Waals surface area (Å²) in [4.78, 5) is 11.2. The number of halogens is 1. The molecule has 8 heteroatoms. The van der Waals surface area contributed by atoms with Gasteiger partial charge in [0.1, 0.15) is 11.6 Å². The van der Waals surface area contributed by atoms with Crippen LogP contribution in [-0.4, -0.2) is 18.6 Å². The van der Waals surface area contributed by atoms with E-state index in [-0.39, 0.29) is 29.5 Å². The van der Waals surface area contributed by atoms with E-state index in [1.54, 1.807) is 30.3 Å². The normalized spacial score (nSPS) is 11.5. The summed E-state index contributed by atoms with van der Waals surface area (Å²) in [7, 11) is -3.94. The lowest BCUT2D eigenvalue weighted by Gasteiger charge is -2.22. The lowest BCUT2D eigenvalue weighted by molar-refractivity contribution is -0.114. The summed E-state index contributed by atoms with van der Waals surface area (Å²) in [6, 6.07) is 15.1. The summed E-state index contributed by atoms with van der Waals surface area (Å²) < 4.78 is 46.9. The molecule has 0 saturated carbocycles. The van der Waals surface area contributed by atoms with Crippen molar-refractivity contribution in [3.05, 3.63) is 84.1 Å². The molecule has 28 heavy (non-hydrogen) atoms. The fourth-order valence-corrected chi connectivity index (χ4v) is 4.07. The van der Waals surface area contributed by atoms with Crippen molar-refractivity contribution in [3.63, 3.8) is 0 Å². The van der Waals surface area contributed by atoms with Gasteiger partial charge in [-0.2, -0.15) is 4.31 Å². The molecule has 1 heterocycles. The van der Waals surface area contributed by atoms with E-state index in [9.17, 15) is 17.6 Å². The minimum absolute atomic E-state index is 0.0319. The first kappa shape index (κ1) is 19.8. The third-order valence-electron chi connectivity index (χ3n) is 4.03. The maximum Gasteiger partial charge on any atom is 0.243 e. The smallest absolute Gasteiger partial charge is 0.243 e. The molecule has 1 amide bonds. The molecule has 0 atom stereocenters. The predicted octanol–water partition coefficient (Wildman–Crippen LogP) is 3.77. The molecule has 3 aromatic rings. The van der Waals surface area contributed by atoms with Gasteiger partial charge in [0, 0.05) is 24.7 Å². The highest BCUT2D eigenvalue weighted by Crippen LogP contribution is 2.23. The molecule has 1 N–H and O–H groups in total. The Morgan fingerprint density at radius 2 is 1.75 bits per heavy atom. The molecule has 0 aliphatic carbocycles. The minimum Gasteiger partial charge on any atom is -0.468 e. The van der Waals surface area contributed by atoms with E-state index in [1.807, 2.05) is 0 Å². The summed E-state index contributed by atoms with van der Waals surface area (Å²) in [5, 5.41) is 2.58. The first-order valence-corrected chi connectivity index (χ1v) is 9.94. The van der Waals surface area contributed by atoms with Crippen molar-refractivity contribution >= 4 is 21.6 Å². The van der Waals surface area contributed by atoms with Crippen LogP contribution in [0.15, 0.2) is 76.2 Å². The van der Waals surface area contributed by atoms with Crippen molar-refractivity contribution in [2.45, 2.75) is 24.9 Å². The fraction of sp³-hybridized carbons (Fsp3) is 0.150. The van der Waals surface area contributed by atoms with E-state index >= 15 is 0 Å². The van der Waals surface area contributed by atoms with Gasteiger partial charge in [0.05, 0.1) is 17.7 Å². The van der Waals surface area contributed by atoms with Gasteiger partial charge in [0.15, 0.2) is 0 Å². The quantitative estimate of drug-likeness (QED) is 0.652. The average molecular weight is 402 g/mol. The molecule has 0 spiro atoms. The van der Waals surface area contributed by atoms with Crippen LogP contribution in [0.25, 0.3) is 0 Å². The number of hydrogen-bond acceptors (Lipinski definition) is 4. The number of carbonyl (C=O) groups excluding carboxylic acids is 1. The van der Waals surface area contributed by atoms with E-state index < -0.39 is 15.8 Å². The third kappa shape index (κ3) is 4.65. The van der Waals surface area contributed by atoms with Crippen LogP contribution in [0.2, 0.25) is 0 Å². The topological polar surface area (TPSA) is 79.6 Å². The number of furan rings is 1. The molecule has 6 nitrogen and oxygen atoms in total. The van der Waals surface area contributed by atoms with Crippen LogP contribution in [0.4, 0.5) is 10.1 Å². The summed E-state index contributed by atoms with van der Waals surface area (Å²) in [6.45, 7) is 1.17. The zero-order chi connectivity index (χ0) is 20.1. The van der Waals surface area contributed by atoms with Gasteiger partial charge < -0.3 is 9.73 Å². The Labute approximate surface area is 162 Å². The van der Waals surface area contributed by atoms with Gasteiger partial charge in [-0.3, -0.25) is 4.79 Å². The molecule has 146 valence electrons. The van der Waals surface area contributed by atoms with E-state index in [0.29, 0.717) is 11.4 Å². The molecular formula is C20H19FN2O4S. The highest BCUT2D eigenvalue weighted by Gasteiger charge is 2.26. The Kier molecular flexibility index (Phi) is 5.91. The molecule has 0 aliphatic rings. The highest BCUT2D eigenvalue weighted by atomic mass is 32.2. The van der Waals surface area contributed by atoms with Gasteiger partial charge >= 0.3 is 0 Å². The van der Waals surface area contributed by atoms with Crippen molar-refractivity contribution < 1.29 is 22.0 Å². The fourth-order valence-electron chi connectivity index (χ4n) is 2.68. The van der Waals surface area contributed by atoms with Crippen LogP contribution in [0.3, 0.4) is 0 Å². The van der Waals surface area contributed by atoms with Gasteiger partial charge in [-0.15, -0.1) is 0 Å². The number of nitrogens with one attached hydrogen (secondary N) is 1. The molecule has 0 aliphatic heterocycles. The summed E-state index contributed by atoms with van der Waals surface area (Å²) in [5.41, 5.74) is 0.741. The van der Waals surface area contributed by atoms with Gasteiger partial charge in [-0.05, 0) is 42.5 Å². The molecule has 0 fully saturated rings. The predicted molar refractivity (Wildman–Crippen MR) is 102 cm³/mol. The van der Waals surface area contributed by atoms with Crippen molar-refractivity contribution in [1.82, 2.24) is 4.31 Å². The largest absolute Gasteiger partial charge is 0.468 e. The number of hydrogen-bond donors (Lipinski definition) is 1. The van der Waals surface area contributed by atoms with Gasteiger partial charge in [-0.25, -0.2) is 12.8 Å². The molecule has 0 radical (unpaired) electrons. The Morgan fingerprint density at radius 3 is 2.36 bits per heavy atom. The van der Waals surface area contributed by atoms with Crippen molar-refractivity contribution in [3.8, 4) is 0 Å². The van der Waals surface area contributed by atoms with Gasteiger partial charge in [0.25, 0.3) is 0 Å². The lowest BCUT2D eigenvalue weighted by Crippen LogP contribution is -2.30. The molecule has 3 rings (SSSR count). The summed E-state index contributed by atoms with van der Waals surface area (Å²) in [6.07, 6.45) is 1.45. The number of nitrogens with zero attached hydrogens (tertiary/aromatic N) is 1. The zero-order valence-electron chi connectivity index (χ0n) is 15.1. The number of carbonyl (C=O) groups is 1. The zero-order valence-corrected chi connectivity index (χ0v) is 15.9. The van der Waals surface area contributed by atoms with Crippen molar-refractivity contribution in [2.24, 2.45) is 0 Å². The van der Waals surface area contributed by atoms with E-state index in [2.05, 4.69) is 5.32 Å². The van der Waals surface area contributed by atoms with E-state index in [1.165, 1.54) is 43.5 Å². The van der Waals surface area contributed by atoms with Crippen LogP contribution in [0, 0.1) is 5.82 Å². The molecule has 2 aromatic carbocycles. The third-order valence-corrected chi connectivity index (χ3v) is 5.84. The van der Waals surface area contributed by atoms with Crippen LogP contribution in [0.5, 0.6) is 0 Å². The SMILES string of the molecule is CC(=O)Nc1ccc(S(=O)(=O)N(Cc2ccco2)Cc2ccccc2F)cc1. The molecule has 1 aromatic heterocycles. The Morgan fingerprint density at radius 1 is 1.04 bits per heavy atom. The second-order valence-electron chi connectivity index (χ2n) is 6.15. The number of amides is 1. The standard InChI is InChI=1S/C20H19FN2O4S/c1-15(24)22-17-8-10-19(11-9-17)28(25,26)23(14-18-6-4-12-27-18)13-16-5-2-3-7-20(16)21/h2-12H,13-14H2,1H3,(H,22,24). The van der Waals surface area contributed by atoms with Crippen molar-refractivity contribution in [1.29, 1.82) is 0 Å². The van der Waals surface area contributed by atoms with Crippen LogP contribution in [0.1, 0.15) is 18.2 Å². The minimum atomic E-state index is -3.94. The van der Waals surface area contributed by atoms with Crippen molar-refractivity contribution in [2.75, 3.05) is 5.32 Å². The first-order valence-electron chi connectivity index (χ1n) is 8.50. The summed E-state index contributed by atoms with van der Waals surface area (Å²) >= 11 is 0. The molecule has 0 unspecified atom stereocenters. The van der Waals surface area contributed by atoms with E-state index in [4.69, 9.17) is 4.42 Å². The van der Waals surface area contributed by atoms with E-state index in [0.717, 1.165) is 4.31 Å². The van der Waals surface area contributed by atoms with Crippen LogP contribution in [-0.2, 0) is 27.9 Å². The number of anilines is 1. The second-order valence-corrected chi connectivity index (χ2v) is 8.09. The monoisotopic (exact) mass is 402 g/mol. The molecule has 0 bridgehead atoms. The van der Waals surface area contributed by atoms with Gasteiger partial charge in [-0.1, -0.05) is 18.2 Å². The Hall–Kier alpha value is -2.97. The lowest BCUT2D eigenvalue weighted by atomic mass is 10.2. The Bertz CT molecular complexity index is 1050. The number of sulfonamides is 1. The number of rotatable bonds is 7. The summed E-state index contributed by atoms with van der Waals surface area (Å²) in [5.74, 6) is -0.299. The van der Waals surface area contributed by atoms with Gasteiger partial charge in [0.2, 0.25) is 15.9 Å². The first-order chi connectivity index (χ1) is 13.4. The molecule has 0 saturated heterocycles. The highest BCUT2D eigenvalue weighted by molar-refractivity contribution is 7.89.